The smallest absolute Gasteiger partial charge is 0.257 e. The Hall–Kier alpha value is -1.62. The highest BCUT2D eigenvalue weighted by molar-refractivity contribution is 5.77. The van der Waals surface area contributed by atoms with Gasteiger partial charge in [0.2, 0.25) is 0 Å². The highest BCUT2D eigenvalue weighted by atomic mass is 19.1. The number of hydrogen-bond donors (Lipinski definition) is 1. The van der Waals surface area contributed by atoms with Crippen LogP contribution in [-0.2, 0) is 4.79 Å². The van der Waals surface area contributed by atoms with E-state index in [0.717, 1.165) is 19.6 Å². The van der Waals surface area contributed by atoms with Crippen LogP contribution in [-0.4, -0.2) is 43.6 Å². The summed E-state index contributed by atoms with van der Waals surface area (Å²) in [6.45, 7) is 7.50. The number of nitrogens with one attached hydrogen (secondary N) is 1. The fourth-order valence-electron chi connectivity index (χ4n) is 1.62. The number of carbonyl (C=O) groups is 1. The highest BCUT2D eigenvalue weighted by Gasteiger charge is 2.04. The van der Waals surface area contributed by atoms with E-state index in [2.05, 4.69) is 24.1 Å². The summed E-state index contributed by atoms with van der Waals surface area (Å²) in [6, 6.07) is 5.60. The predicted molar refractivity (Wildman–Crippen MR) is 72.7 cm³/mol. The maximum Gasteiger partial charge on any atom is 0.257 e. The Morgan fingerprint density at radius 3 is 2.47 bits per heavy atom. The molecule has 0 saturated heterocycles. The third-order valence-corrected chi connectivity index (χ3v) is 2.83. The molecule has 0 bridgehead atoms. The third-order valence-electron chi connectivity index (χ3n) is 2.83. The second-order valence-electron chi connectivity index (χ2n) is 4.12. The topological polar surface area (TPSA) is 41.6 Å². The molecule has 4 nitrogen and oxygen atoms in total. The van der Waals surface area contributed by atoms with Crippen LogP contribution in [0.3, 0.4) is 0 Å². The van der Waals surface area contributed by atoms with E-state index in [0.29, 0.717) is 12.3 Å². The van der Waals surface area contributed by atoms with Gasteiger partial charge in [-0.2, -0.15) is 0 Å². The number of ether oxygens (including phenoxy) is 1. The van der Waals surface area contributed by atoms with Crippen molar-refractivity contribution < 1.29 is 13.9 Å². The summed E-state index contributed by atoms with van der Waals surface area (Å²) in [6.07, 6.45) is 0. The summed E-state index contributed by atoms with van der Waals surface area (Å²) < 4.78 is 17.9. The molecule has 5 heteroatoms. The van der Waals surface area contributed by atoms with Gasteiger partial charge in [-0.3, -0.25) is 4.79 Å². The first-order chi connectivity index (χ1) is 9.15. The summed E-state index contributed by atoms with van der Waals surface area (Å²) in [5.41, 5.74) is 0. The number of amides is 1. The van der Waals surface area contributed by atoms with Crippen molar-refractivity contribution >= 4 is 5.91 Å². The van der Waals surface area contributed by atoms with Gasteiger partial charge in [0.1, 0.15) is 11.6 Å². The van der Waals surface area contributed by atoms with Crippen LogP contribution < -0.4 is 10.1 Å². The van der Waals surface area contributed by atoms with Crippen molar-refractivity contribution in [1.29, 1.82) is 0 Å². The molecular weight excluding hydrogens is 247 g/mol. The van der Waals surface area contributed by atoms with Gasteiger partial charge in [0.05, 0.1) is 0 Å². The Morgan fingerprint density at radius 1 is 1.26 bits per heavy atom. The summed E-state index contributed by atoms with van der Waals surface area (Å²) in [5, 5.41) is 2.78. The highest BCUT2D eigenvalue weighted by Crippen LogP contribution is 2.10. The standard InChI is InChI=1S/C14H21FN2O2/c1-3-17(4-2)10-9-16-14(18)11-19-13-7-5-12(15)6-8-13/h5-8H,3-4,9-11H2,1-2H3,(H,16,18). The zero-order valence-electron chi connectivity index (χ0n) is 11.5. The summed E-state index contributed by atoms with van der Waals surface area (Å²) in [7, 11) is 0. The number of benzene rings is 1. The molecule has 0 saturated carbocycles. The molecule has 0 aliphatic heterocycles. The molecule has 0 aliphatic carbocycles. The Bertz CT molecular complexity index is 378. The van der Waals surface area contributed by atoms with Gasteiger partial charge >= 0.3 is 0 Å². The molecule has 1 aromatic carbocycles. The van der Waals surface area contributed by atoms with Crippen LogP contribution in [0.4, 0.5) is 4.39 Å². The quantitative estimate of drug-likeness (QED) is 0.779. The Morgan fingerprint density at radius 2 is 1.89 bits per heavy atom. The van der Waals surface area contributed by atoms with Crippen LogP contribution in [0, 0.1) is 5.82 Å². The van der Waals surface area contributed by atoms with Gasteiger partial charge in [0, 0.05) is 13.1 Å². The fourth-order valence-corrected chi connectivity index (χ4v) is 1.62. The zero-order valence-corrected chi connectivity index (χ0v) is 11.5. The summed E-state index contributed by atoms with van der Waals surface area (Å²) >= 11 is 0. The van der Waals surface area contributed by atoms with Crippen LogP contribution in [0.25, 0.3) is 0 Å². The number of rotatable bonds is 8. The van der Waals surface area contributed by atoms with Gasteiger partial charge in [0.15, 0.2) is 6.61 Å². The minimum atomic E-state index is -0.323. The van der Waals surface area contributed by atoms with Crippen molar-refractivity contribution in [2.24, 2.45) is 0 Å². The van der Waals surface area contributed by atoms with Gasteiger partial charge in [-0.05, 0) is 37.4 Å². The molecule has 0 heterocycles. The van der Waals surface area contributed by atoms with Gasteiger partial charge in [-0.15, -0.1) is 0 Å². The first-order valence-electron chi connectivity index (χ1n) is 6.53. The lowest BCUT2D eigenvalue weighted by molar-refractivity contribution is -0.123. The van der Waals surface area contributed by atoms with Crippen LogP contribution >= 0.6 is 0 Å². The maximum atomic E-state index is 12.7. The van der Waals surface area contributed by atoms with Gasteiger partial charge in [-0.25, -0.2) is 4.39 Å². The minimum absolute atomic E-state index is 0.0517. The molecule has 1 N–H and O–H groups in total. The molecular formula is C14H21FN2O2. The van der Waals surface area contributed by atoms with Crippen molar-refractivity contribution in [2.45, 2.75) is 13.8 Å². The van der Waals surface area contributed by atoms with Crippen LogP contribution in [0.5, 0.6) is 5.75 Å². The lowest BCUT2D eigenvalue weighted by Crippen LogP contribution is -2.36. The maximum absolute atomic E-state index is 12.7. The first kappa shape index (κ1) is 15.4. The number of carbonyl (C=O) groups excluding carboxylic acids is 1. The molecule has 106 valence electrons. The van der Waals surface area contributed by atoms with Gasteiger partial charge in [0.25, 0.3) is 5.91 Å². The summed E-state index contributed by atoms with van der Waals surface area (Å²) in [5.74, 6) is -0.00667. The second kappa shape index (κ2) is 8.48. The molecule has 1 rings (SSSR count). The number of hydrogen-bond acceptors (Lipinski definition) is 3. The summed E-state index contributed by atoms with van der Waals surface area (Å²) in [4.78, 5) is 13.7. The minimum Gasteiger partial charge on any atom is -0.484 e. The number of likely N-dealkylation sites (N-methyl/N-ethyl adjacent to an activating group) is 1. The predicted octanol–water partition coefficient (Wildman–Crippen LogP) is 1.66. The molecule has 0 atom stereocenters. The molecule has 1 aromatic rings. The Kier molecular flexibility index (Phi) is 6.89. The van der Waals surface area contributed by atoms with Crippen LogP contribution in [0.1, 0.15) is 13.8 Å². The second-order valence-corrected chi connectivity index (χ2v) is 4.12. The van der Waals surface area contributed by atoms with Gasteiger partial charge in [-0.1, -0.05) is 13.8 Å². The lowest BCUT2D eigenvalue weighted by atomic mass is 10.3. The normalized spacial score (nSPS) is 10.5. The van der Waals surface area contributed by atoms with E-state index in [9.17, 15) is 9.18 Å². The third kappa shape index (κ3) is 6.20. The van der Waals surface area contributed by atoms with Crippen molar-refractivity contribution in [3.8, 4) is 5.75 Å². The largest absolute Gasteiger partial charge is 0.484 e. The van der Waals surface area contributed by atoms with E-state index in [-0.39, 0.29) is 18.3 Å². The zero-order chi connectivity index (χ0) is 14.1. The Labute approximate surface area is 113 Å². The molecule has 0 fully saturated rings. The van der Waals surface area contributed by atoms with Crippen molar-refractivity contribution in [1.82, 2.24) is 10.2 Å². The lowest BCUT2D eigenvalue weighted by Gasteiger charge is -2.17. The molecule has 1 amide bonds. The fraction of sp³-hybridized carbons (Fsp3) is 0.500. The van der Waals surface area contributed by atoms with E-state index >= 15 is 0 Å². The molecule has 0 spiro atoms. The van der Waals surface area contributed by atoms with E-state index in [1.165, 1.54) is 24.3 Å². The first-order valence-corrected chi connectivity index (χ1v) is 6.53. The van der Waals surface area contributed by atoms with Crippen LogP contribution in [0.15, 0.2) is 24.3 Å². The van der Waals surface area contributed by atoms with Gasteiger partial charge < -0.3 is 15.0 Å². The van der Waals surface area contributed by atoms with E-state index in [4.69, 9.17) is 4.74 Å². The van der Waals surface area contributed by atoms with Crippen molar-refractivity contribution in [3.05, 3.63) is 30.1 Å². The van der Waals surface area contributed by atoms with E-state index < -0.39 is 0 Å². The van der Waals surface area contributed by atoms with E-state index in [1.807, 2.05) is 0 Å². The Balaban J connectivity index is 2.19. The SMILES string of the molecule is CCN(CC)CCNC(=O)COc1ccc(F)cc1. The van der Waals surface area contributed by atoms with Crippen molar-refractivity contribution in [2.75, 3.05) is 32.8 Å². The molecule has 0 aromatic heterocycles. The molecule has 0 radical (unpaired) electrons. The molecule has 0 unspecified atom stereocenters. The van der Waals surface area contributed by atoms with E-state index in [1.54, 1.807) is 0 Å². The monoisotopic (exact) mass is 268 g/mol. The molecule has 0 aliphatic rings. The van der Waals surface area contributed by atoms with Crippen molar-refractivity contribution in [3.63, 3.8) is 0 Å². The average Bonchev–Trinajstić information content (AvgIpc) is 2.43. The number of nitrogens with zero attached hydrogens (tertiary/aromatic N) is 1. The average molecular weight is 268 g/mol. The number of halogens is 1. The van der Waals surface area contributed by atoms with Crippen LogP contribution in [0.2, 0.25) is 0 Å². The molecule has 19 heavy (non-hydrogen) atoms.